The molecule has 0 spiro atoms. The van der Waals surface area contributed by atoms with E-state index in [1.807, 2.05) is 25.1 Å². The number of fused-ring (bicyclic) bond motifs is 1. The second-order valence-electron chi connectivity index (χ2n) is 4.99. The largest absolute Gasteiger partial charge is 0.465 e. The molecule has 0 aliphatic carbocycles. The van der Waals surface area contributed by atoms with Gasteiger partial charge in [0, 0.05) is 13.1 Å². The number of para-hydroxylation sites is 2. The van der Waals surface area contributed by atoms with Crippen LogP contribution in [0.3, 0.4) is 0 Å². The van der Waals surface area contributed by atoms with E-state index < -0.39 is 0 Å². The van der Waals surface area contributed by atoms with E-state index in [2.05, 4.69) is 40.0 Å². The summed E-state index contributed by atoms with van der Waals surface area (Å²) in [7, 11) is 0. The standard InChI is InChI=1S/C16H19N3O/c1-12-7-8-14(20-12)11-17-9-10-19-13(2)18-15-5-3-4-6-16(15)19/h3-8,17H,9-11H2,1-2H3. The maximum atomic E-state index is 5.53. The minimum Gasteiger partial charge on any atom is -0.465 e. The summed E-state index contributed by atoms with van der Waals surface area (Å²) >= 11 is 0. The summed E-state index contributed by atoms with van der Waals surface area (Å²) in [5.41, 5.74) is 2.26. The highest BCUT2D eigenvalue weighted by Gasteiger charge is 2.06. The van der Waals surface area contributed by atoms with E-state index >= 15 is 0 Å². The third-order valence-electron chi connectivity index (χ3n) is 3.45. The maximum absolute atomic E-state index is 5.53. The van der Waals surface area contributed by atoms with Crippen molar-refractivity contribution in [1.29, 1.82) is 0 Å². The van der Waals surface area contributed by atoms with Crippen LogP contribution < -0.4 is 5.32 Å². The molecule has 3 aromatic rings. The number of nitrogens with one attached hydrogen (secondary N) is 1. The Kier molecular flexibility index (Phi) is 3.56. The van der Waals surface area contributed by atoms with E-state index in [-0.39, 0.29) is 0 Å². The first-order chi connectivity index (χ1) is 9.74. The van der Waals surface area contributed by atoms with Crippen LogP contribution in [-0.2, 0) is 13.1 Å². The molecule has 0 bridgehead atoms. The summed E-state index contributed by atoms with van der Waals surface area (Å²) in [4.78, 5) is 4.57. The summed E-state index contributed by atoms with van der Waals surface area (Å²) in [6.45, 7) is 6.58. The predicted molar refractivity (Wildman–Crippen MR) is 79.6 cm³/mol. The molecular weight excluding hydrogens is 250 g/mol. The van der Waals surface area contributed by atoms with Crippen molar-refractivity contribution in [2.75, 3.05) is 6.54 Å². The molecule has 0 aliphatic heterocycles. The highest BCUT2D eigenvalue weighted by molar-refractivity contribution is 5.75. The van der Waals surface area contributed by atoms with Gasteiger partial charge in [0.1, 0.15) is 17.3 Å². The number of aromatic nitrogens is 2. The molecule has 4 heteroatoms. The van der Waals surface area contributed by atoms with Gasteiger partial charge in [0.2, 0.25) is 0 Å². The minimum absolute atomic E-state index is 0.763. The number of aryl methyl sites for hydroxylation is 2. The van der Waals surface area contributed by atoms with Crippen LogP contribution in [0.15, 0.2) is 40.8 Å². The van der Waals surface area contributed by atoms with Crippen LogP contribution >= 0.6 is 0 Å². The SMILES string of the molecule is Cc1ccc(CNCCn2c(C)nc3ccccc32)o1. The molecule has 104 valence electrons. The van der Waals surface area contributed by atoms with E-state index in [4.69, 9.17) is 4.42 Å². The van der Waals surface area contributed by atoms with E-state index in [0.717, 1.165) is 42.5 Å². The number of nitrogens with zero attached hydrogens (tertiary/aromatic N) is 2. The number of rotatable bonds is 5. The molecule has 0 saturated heterocycles. The van der Waals surface area contributed by atoms with Crippen molar-refractivity contribution in [1.82, 2.24) is 14.9 Å². The molecule has 2 aromatic heterocycles. The Morgan fingerprint density at radius 2 is 2.00 bits per heavy atom. The fourth-order valence-corrected chi connectivity index (χ4v) is 2.46. The highest BCUT2D eigenvalue weighted by atomic mass is 16.3. The van der Waals surface area contributed by atoms with Gasteiger partial charge in [-0.2, -0.15) is 0 Å². The Morgan fingerprint density at radius 1 is 1.15 bits per heavy atom. The number of imidazole rings is 1. The third kappa shape index (κ3) is 2.60. The van der Waals surface area contributed by atoms with E-state index in [0.29, 0.717) is 0 Å². The summed E-state index contributed by atoms with van der Waals surface area (Å²) in [6.07, 6.45) is 0. The molecule has 0 saturated carbocycles. The van der Waals surface area contributed by atoms with Gasteiger partial charge in [0.25, 0.3) is 0 Å². The summed E-state index contributed by atoms with van der Waals surface area (Å²) in [6, 6.07) is 12.3. The van der Waals surface area contributed by atoms with Gasteiger partial charge in [-0.25, -0.2) is 4.98 Å². The Labute approximate surface area is 118 Å². The fourth-order valence-electron chi connectivity index (χ4n) is 2.46. The molecule has 0 fully saturated rings. The van der Waals surface area contributed by atoms with Crippen molar-refractivity contribution in [3.8, 4) is 0 Å². The normalized spacial score (nSPS) is 11.3. The molecule has 1 aromatic carbocycles. The Balaban J connectivity index is 1.61. The van der Waals surface area contributed by atoms with Gasteiger partial charge in [0.05, 0.1) is 17.6 Å². The molecule has 3 rings (SSSR count). The molecule has 0 aliphatic rings. The van der Waals surface area contributed by atoms with Crippen molar-refractivity contribution in [3.05, 3.63) is 53.7 Å². The van der Waals surface area contributed by atoms with Crippen molar-refractivity contribution in [3.63, 3.8) is 0 Å². The van der Waals surface area contributed by atoms with E-state index in [1.54, 1.807) is 0 Å². The van der Waals surface area contributed by atoms with Crippen molar-refractivity contribution in [2.24, 2.45) is 0 Å². The van der Waals surface area contributed by atoms with Crippen molar-refractivity contribution >= 4 is 11.0 Å². The lowest BCUT2D eigenvalue weighted by Crippen LogP contribution is -2.19. The number of furan rings is 1. The molecular formula is C16H19N3O. The highest BCUT2D eigenvalue weighted by Crippen LogP contribution is 2.14. The van der Waals surface area contributed by atoms with Crippen LogP contribution in [0, 0.1) is 13.8 Å². The van der Waals surface area contributed by atoms with Gasteiger partial charge in [-0.15, -0.1) is 0 Å². The van der Waals surface area contributed by atoms with Crippen LogP contribution in [-0.4, -0.2) is 16.1 Å². The zero-order chi connectivity index (χ0) is 13.9. The lowest BCUT2D eigenvalue weighted by atomic mass is 10.3. The predicted octanol–water partition coefficient (Wildman–Crippen LogP) is 3.04. The molecule has 0 atom stereocenters. The molecule has 20 heavy (non-hydrogen) atoms. The zero-order valence-electron chi connectivity index (χ0n) is 11.9. The first-order valence-corrected chi connectivity index (χ1v) is 6.92. The van der Waals surface area contributed by atoms with Crippen LogP contribution in [0.1, 0.15) is 17.3 Å². The van der Waals surface area contributed by atoms with Crippen LogP contribution in [0.4, 0.5) is 0 Å². The quantitative estimate of drug-likeness (QED) is 0.724. The minimum atomic E-state index is 0.763. The summed E-state index contributed by atoms with van der Waals surface area (Å²) in [5.74, 6) is 3.00. The molecule has 0 amide bonds. The summed E-state index contributed by atoms with van der Waals surface area (Å²) < 4.78 is 7.78. The lowest BCUT2D eigenvalue weighted by Gasteiger charge is -2.07. The van der Waals surface area contributed by atoms with Crippen LogP contribution in [0.25, 0.3) is 11.0 Å². The average Bonchev–Trinajstić information content (AvgIpc) is 2.98. The topological polar surface area (TPSA) is 43.0 Å². The molecule has 0 radical (unpaired) electrons. The van der Waals surface area contributed by atoms with Gasteiger partial charge >= 0.3 is 0 Å². The average molecular weight is 269 g/mol. The Hall–Kier alpha value is -2.07. The van der Waals surface area contributed by atoms with Gasteiger partial charge in [-0.1, -0.05) is 12.1 Å². The van der Waals surface area contributed by atoms with Crippen molar-refractivity contribution < 1.29 is 4.42 Å². The summed E-state index contributed by atoms with van der Waals surface area (Å²) in [5, 5.41) is 3.40. The lowest BCUT2D eigenvalue weighted by molar-refractivity contribution is 0.457. The van der Waals surface area contributed by atoms with E-state index in [1.165, 1.54) is 5.52 Å². The monoisotopic (exact) mass is 269 g/mol. The van der Waals surface area contributed by atoms with Crippen molar-refractivity contribution in [2.45, 2.75) is 26.9 Å². The number of hydrogen-bond donors (Lipinski definition) is 1. The van der Waals surface area contributed by atoms with Crippen LogP contribution in [0.2, 0.25) is 0 Å². The molecule has 2 heterocycles. The van der Waals surface area contributed by atoms with E-state index in [9.17, 15) is 0 Å². The first kappa shape index (κ1) is 12.9. The molecule has 4 nitrogen and oxygen atoms in total. The molecule has 1 N–H and O–H groups in total. The first-order valence-electron chi connectivity index (χ1n) is 6.92. The van der Waals surface area contributed by atoms with Gasteiger partial charge in [-0.3, -0.25) is 0 Å². The number of benzene rings is 1. The Bertz CT molecular complexity index is 711. The number of hydrogen-bond acceptors (Lipinski definition) is 3. The van der Waals surface area contributed by atoms with Gasteiger partial charge in [0.15, 0.2) is 0 Å². The maximum Gasteiger partial charge on any atom is 0.117 e. The van der Waals surface area contributed by atoms with Crippen LogP contribution in [0.5, 0.6) is 0 Å². The third-order valence-corrected chi connectivity index (χ3v) is 3.45. The smallest absolute Gasteiger partial charge is 0.117 e. The molecule has 0 unspecified atom stereocenters. The second kappa shape index (κ2) is 5.51. The zero-order valence-corrected chi connectivity index (χ0v) is 11.9. The Morgan fingerprint density at radius 3 is 2.80 bits per heavy atom. The fraction of sp³-hybridized carbons (Fsp3) is 0.312. The van der Waals surface area contributed by atoms with Gasteiger partial charge in [-0.05, 0) is 38.1 Å². The van der Waals surface area contributed by atoms with Gasteiger partial charge < -0.3 is 14.3 Å². The second-order valence-corrected chi connectivity index (χ2v) is 4.99.